The van der Waals surface area contributed by atoms with E-state index in [1.807, 2.05) is 0 Å². The highest BCUT2D eigenvalue weighted by Gasteiger charge is 2.23. The van der Waals surface area contributed by atoms with E-state index in [2.05, 4.69) is 4.29 Å². The molecule has 0 atom stereocenters. The summed E-state index contributed by atoms with van der Waals surface area (Å²) in [4.78, 5) is 11.2. The van der Waals surface area contributed by atoms with Gasteiger partial charge in [0.1, 0.15) is 17.4 Å². The minimum atomic E-state index is -0.943. The molecule has 0 aromatic heterocycles. The molecule has 0 amide bonds. The average Bonchev–Trinajstić information content (AvgIpc) is 2.23. The fraction of sp³-hybridized carbons (Fsp3) is 0.222. The second-order valence-electron chi connectivity index (χ2n) is 3.00. The molecule has 4 nitrogen and oxygen atoms in total. The van der Waals surface area contributed by atoms with Gasteiger partial charge in [-0.2, -0.15) is 0 Å². The first kappa shape index (κ1) is 11.9. The van der Waals surface area contributed by atoms with Crippen LogP contribution in [0.2, 0.25) is 5.02 Å². The van der Waals surface area contributed by atoms with Crippen molar-refractivity contribution in [2.24, 2.45) is 0 Å². The molecule has 0 fully saturated rings. The molecule has 0 aliphatic heterocycles. The molecular weight excluding hydrogens is 243 g/mol. The number of aromatic hydroxyl groups is 2. The number of carbonyl (C=O) groups is 1. The molecule has 0 saturated heterocycles. The first-order valence-corrected chi connectivity index (χ1v) is 4.64. The van der Waals surface area contributed by atoms with E-state index in [4.69, 9.17) is 23.5 Å². The first-order valence-electron chi connectivity index (χ1n) is 3.95. The molecule has 0 saturated carbocycles. The van der Waals surface area contributed by atoms with E-state index in [1.54, 1.807) is 13.8 Å². The quantitative estimate of drug-likeness (QED) is 0.753. The van der Waals surface area contributed by atoms with Crippen LogP contribution in [0.3, 0.4) is 0 Å². The molecule has 0 radical (unpaired) electrons. The summed E-state index contributed by atoms with van der Waals surface area (Å²) < 4.78 is 3.97. The Morgan fingerprint density at radius 3 is 2.20 bits per heavy atom. The van der Waals surface area contributed by atoms with E-state index in [9.17, 15) is 15.0 Å². The summed E-state index contributed by atoms with van der Waals surface area (Å²) in [7, 11) is 0. The second kappa shape index (κ2) is 4.16. The Morgan fingerprint density at radius 2 is 1.73 bits per heavy atom. The number of halogens is 2. The zero-order valence-corrected chi connectivity index (χ0v) is 9.48. The van der Waals surface area contributed by atoms with Crippen molar-refractivity contribution >= 4 is 29.4 Å². The number of rotatable bonds is 1. The molecule has 1 aromatic carbocycles. The van der Waals surface area contributed by atoms with Gasteiger partial charge >= 0.3 is 5.97 Å². The predicted octanol–water partition coefficient (Wildman–Crippen LogP) is 2.68. The molecule has 0 heterocycles. The van der Waals surface area contributed by atoms with Crippen LogP contribution < -0.4 is 0 Å². The standard InChI is InChI=1S/C9H8Cl2O4/c1-3-4(2)6(10)8(13)7(12)5(3)9(14)15-11/h12-13H,1-2H3. The van der Waals surface area contributed by atoms with E-state index in [0.717, 1.165) is 0 Å². The lowest BCUT2D eigenvalue weighted by molar-refractivity contribution is 0.0746. The highest BCUT2D eigenvalue weighted by molar-refractivity contribution is 6.33. The Morgan fingerprint density at radius 1 is 1.20 bits per heavy atom. The molecule has 0 bridgehead atoms. The van der Waals surface area contributed by atoms with Crippen LogP contribution in [0.25, 0.3) is 0 Å². The maximum absolute atomic E-state index is 11.2. The highest BCUT2D eigenvalue weighted by Crippen LogP contribution is 2.41. The normalized spacial score (nSPS) is 10.1. The minimum Gasteiger partial charge on any atom is -0.504 e. The lowest BCUT2D eigenvalue weighted by Crippen LogP contribution is -2.04. The number of phenolic OH excluding ortho intramolecular Hbond substituents is 2. The van der Waals surface area contributed by atoms with Gasteiger partial charge in [0.05, 0.1) is 5.02 Å². The summed E-state index contributed by atoms with van der Waals surface area (Å²) in [6.07, 6.45) is 0. The van der Waals surface area contributed by atoms with Crippen molar-refractivity contribution in [1.82, 2.24) is 0 Å². The van der Waals surface area contributed by atoms with Gasteiger partial charge < -0.3 is 14.5 Å². The van der Waals surface area contributed by atoms with Crippen LogP contribution in [0.1, 0.15) is 21.5 Å². The maximum Gasteiger partial charge on any atom is 0.360 e. The second-order valence-corrected chi connectivity index (χ2v) is 3.53. The molecule has 82 valence electrons. The van der Waals surface area contributed by atoms with Crippen LogP contribution in [0.15, 0.2) is 0 Å². The van der Waals surface area contributed by atoms with Crippen molar-refractivity contribution in [3.63, 3.8) is 0 Å². The molecule has 0 unspecified atom stereocenters. The minimum absolute atomic E-state index is 0.00359. The topological polar surface area (TPSA) is 66.8 Å². The van der Waals surface area contributed by atoms with E-state index in [1.165, 1.54) is 0 Å². The van der Waals surface area contributed by atoms with Crippen molar-refractivity contribution in [3.05, 3.63) is 21.7 Å². The van der Waals surface area contributed by atoms with Crippen LogP contribution in [0.5, 0.6) is 11.5 Å². The Balaban J connectivity index is 3.60. The number of hydrogen-bond acceptors (Lipinski definition) is 4. The van der Waals surface area contributed by atoms with Crippen LogP contribution in [-0.4, -0.2) is 16.2 Å². The largest absolute Gasteiger partial charge is 0.504 e. The van der Waals surface area contributed by atoms with E-state index >= 15 is 0 Å². The van der Waals surface area contributed by atoms with Gasteiger partial charge in [0.15, 0.2) is 11.5 Å². The summed E-state index contributed by atoms with van der Waals surface area (Å²) in [6.45, 7) is 3.16. The Hall–Kier alpha value is -1.13. The third-order valence-corrected chi connectivity index (χ3v) is 2.81. The number of benzene rings is 1. The molecule has 6 heteroatoms. The monoisotopic (exact) mass is 250 g/mol. The Labute approximate surface area is 96.2 Å². The van der Waals surface area contributed by atoms with Gasteiger partial charge in [-0.1, -0.05) is 11.6 Å². The molecule has 2 N–H and O–H groups in total. The van der Waals surface area contributed by atoms with Gasteiger partial charge in [-0.05, 0) is 25.0 Å². The van der Waals surface area contributed by atoms with Gasteiger partial charge in [0.2, 0.25) is 0 Å². The lowest BCUT2D eigenvalue weighted by atomic mass is 10.0. The average molecular weight is 251 g/mol. The van der Waals surface area contributed by atoms with Gasteiger partial charge in [0.25, 0.3) is 0 Å². The highest BCUT2D eigenvalue weighted by atomic mass is 35.5. The number of phenols is 2. The van der Waals surface area contributed by atoms with E-state index in [0.29, 0.717) is 11.1 Å². The van der Waals surface area contributed by atoms with E-state index in [-0.39, 0.29) is 10.6 Å². The van der Waals surface area contributed by atoms with Crippen LogP contribution in [0, 0.1) is 13.8 Å². The first-order chi connectivity index (χ1) is 6.91. The van der Waals surface area contributed by atoms with Crippen molar-refractivity contribution < 1.29 is 19.3 Å². The Kier molecular flexibility index (Phi) is 3.31. The van der Waals surface area contributed by atoms with E-state index < -0.39 is 17.5 Å². The number of carbonyl (C=O) groups excluding carboxylic acids is 1. The lowest BCUT2D eigenvalue weighted by Gasteiger charge is -2.12. The molecule has 0 spiro atoms. The van der Waals surface area contributed by atoms with Crippen molar-refractivity contribution in [1.29, 1.82) is 0 Å². The SMILES string of the molecule is Cc1c(C)c(C(=O)OCl)c(O)c(O)c1Cl. The van der Waals surface area contributed by atoms with Crippen molar-refractivity contribution in [3.8, 4) is 11.5 Å². The molecule has 1 aromatic rings. The molecule has 0 aliphatic carbocycles. The van der Waals surface area contributed by atoms with Gasteiger partial charge in [-0.15, -0.1) is 0 Å². The molecule has 15 heavy (non-hydrogen) atoms. The zero-order valence-electron chi connectivity index (χ0n) is 7.97. The summed E-state index contributed by atoms with van der Waals surface area (Å²) in [5, 5.41) is 18.9. The number of hydrogen-bond donors (Lipinski definition) is 2. The third kappa shape index (κ3) is 1.82. The van der Waals surface area contributed by atoms with Crippen LogP contribution in [0.4, 0.5) is 0 Å². The van der Waals surface area contributed by atoms with Crippen molar-refractivity contribution in [2.75, 3.05) is 0 Å². The summed E-state index contributed by atoms with van der Waals surface area (Å²) in [5.74, 6) is -2.13. The predicted molar refractivity (Wildman–Crippen MR) is 55.5 cm³/mol. The maximum atomic E-state index is 11.2. The summed E-state index contributed by atoms with van der Waals surface area (Å²) >= 11 is 10.6. The summed E-state index contributed by atoms with van der Waals surface area (Å²) in [6, 6.07) is 0. The zero-order chi connectivity index (χ0) is 11.7. The fourth-order valence-electron chi connectivity index (χ4n) is 1.22. The molecular formula is C9H8Cl2O4. The van der Waals surface area contributed by atoms with Gasteiger partial charge in [-0.3, -0.25) is 0 Å². The van der Waals surface area contributed by atoms with Gasteiger partial charge in [0, 0.05) is 0 Å². The third-order valence-electron chi connectivity index (χ3n) is 2.21. The Bertz CT molecular complexity index is 400. The molecule has 1 rings (SSSR count). The molecule has 0 aliphatic rings. The summed E-state index contributed by atoms with van der Waals surface area (Å²) in [5.41, 5.74) is 0.689. The van der Waals surface area contributed by atoms with Gasteiger partial charge in [-0.25, -0.2) is 4.79 Å². The van der Waals surface area contributed by atoms with Crippen LogP contribution >= 0.6 is 23.5 Å². The smallest absolute Gasteiger partial charge is 0.360 e. The van der Waals surface area contributed by atoms with Crippen molar-refractivity contribution in [2.45, 2.75) is 13.8 Å². The fourth-order valence-corrected chi connectivity index (χ4v) is 1.53. The van der Waals surface area contributed by atoms with Crippen LogP contribution in [-0.2, 0) is 4.29 Å².